The van der Waals surface area contributed by atoms with Gasteiger partial charge in [0.1, 0.15) is 5.52 Å². The van der Waals surface area contributed by atoms with Gasteiger partial charge >= 0.3 is 0 Å². The number of amides is 1. The Hall–Kier alpha value is -2.48. The molecule has 1 aliphatic carbocycles. The molecule has 8 heteroatoms. The van der Waals surface area contributed by atoms with Crippen LogP contribution in [0.2, 0.25) is 0 Å². The lowest BCUT2D eigenvalue weighted by Gasteiger charge is -2.26. The van der Waals surface area contributed by atoms with Gasteiger partial charge in [-0.3, -0.25) is 4.79 Å². The Morgan fingerprint density at radius 2 is 2.12 bits per heavy atom. The summed E-state index contributed by atoms with van der Waals surface area (Å²) >= 11 is 1.47. The maximum atomic E-state index is 12.9. The molecule has 0 unspecified atom stereocenters. The quantitative estimate of drug-likeness (QED) is 0.751. The molecule has 1 amide bonds. The van der Waals surface area contributed by atoms with Gasteiger partial charge in [-0.05, 0) is 18.9 Å². The van der Waals surface area contributed by atoms with Crippen LogP contribution in [0.25, 0.3) is 11.2 Å². The number of nitrogens with zero attached hydrogens (tertiary/aromatic N) is 5. The zero-order chi connectivity index (χ0) is 17.7. The van der Waals surface area contributed by atoms with Gasteiger partial charge in [0.05, 0.1) is 24.1 Å². The van der Waals surface area contributed by atoms with E-state index in [1.807, 2.05) is 17.3 Å². The summed E-state index contributed by atoms with van der Waals surface area (Å²) < 4.78 is 2.17. The van der Waals surface area contributed by atoms with E-state index >= 15 is 0 Å². The number of hydrogen-bond acceptors (Lipinski definition) is 6. The van der Waals surface area contributed by atoms with Crippen LogP contribution in [-0.2, 0) is 13.0 Å². The lowest BCUT2D eigenvalue weighted by Crippen LogP contribution is -2.35. The molecule has 7 nitrogen and oxygen atoms in total. The molecule has 4 heterocycles. The fourth-order valence-electron chi connectivity index (χ4n) is 4.06. The van der Waals surface area contributed by atoms with Crippen LogP contribution in [0.3, 0.4) is 0 Å². The molecule has 1 aliphatic heterocycles. The molecule has 0 radical (unpaired) electrons. The van der Waals surface area contributed by atoms with Crippen molar-refractivity contribution in [1.82, 2.24) is 24.4 Å². The van der Waals surface area contributed by atoms with Crippen LogP contribution in [0, 0.1) is 0 Å². The number of hydrogen-bond donors (Lipinski definition) is 1. The van der Waals surface area contributed by atoms with Crippen LogP contribution in [-0.4, -0.2) is 36.9 Å². The van der Waals surface area contributed by atoms with Gasteiger partial charge < -0.3 is 15.2 Å². The first kappa shape index (κ1) is 15.7. The van der Waals surface area contributed by atoms with Crippen LogP contribution in [0.4, 0.5) is 5.13 Å². The number of fused-ring (bicyclic) bond motifs is 2. The molecular formula is C18H20N6OS. The van der Waals surface area contributed by atoms with Crippen molar-refractivity contribution in [2.45, 2.75) is 44.7 Å². The number of thiazole rings is 1. The summed E-state index contributed by atoms with van der Waals surface area (Å²) in [6, 6.07) is 2.36. The Bertz CT molecular complexity index is 987. The van der Waals surface area contributed by atoms with Gasteiger partial charge in [-0.25, -0.2) is 15.0 Å². The Labute approximate surface area is 154 Å². The van der Waals surface area contributed by atoms with Crippen molar-refractivity contribution < 1.29 is 4.79 Å². The van der Waals surface area contributed by atoms with Crippen molar-refractivity contribution in [3.8, 4) is 0 Å². The first-order chi connectivity index (χ1) is 12.7. The van der Waals surface area contributed by atoms with E-state index in [0.29, 0.717) is 29.8 Å². The van der Waals surface area contributed by atoms with E-state index in [2.05, 4.69) is 19.5 Å². The minimum Gasteiger partial charge on any atom is -0.375 e. The topological polar surface area (TPSA) is 89.9 Å². The Balaban J connectivity index is 1.41. The van der Waals surface area contributed by atoms with Crippen LogP contribution in [0.5, 0.6) is 0 Å². The first-order valence-electron chi connectivity index (χ1n) is 9.05. The third kappa shape index (κ3) is 2.56. The van der Waals surface area contributed by atoms with Crippen molar-refractivity contribution in [1.29, 1.82) is 0 Å². The maximum Gasteiger partial charge on any atom is 0.255 e. The second kappa shape index (κ2) is 6.05. The molecule has 0 saturated heterocycles. The molecule has 0 aromatic carbocycles. The minimum absolute atomic E-state index is 0.00700. The molecule has 5 rings (SSSR count). The van der Waals surface area contributed by atoms with Crippen molar-refractivity contribution in [3.05, 3.63) is 34.7 Å². The van der Waals surface area contributed by atoms with E-state index in [1.165, 1.54) is 37.0 Å². The van der Waals surface area contributed by atoms with Gasteiger partial charge in [0.2, 0.25) is 0 Å². The Kier molecular flexibility index (Phi) is 3.66. The van der Waals surface area contributed by atoms with Crippen molar-refractivity contribution in [2.24, 2.45) is 0 Å². The van der Waals surface area contributed by atoms with Crippen LogP contribution in [0.1, 0.15) is 52.7 Å². The molecule has 2 aliphatic rings. The molecule has 26 heavy (non-hydrogen) atoms. The fraction of sp³-hybridized carbons (Fsp3) is 0.444. The molecule has 1 fully saturated rings. The van der Waals surface area contributed by atoms with Gasteiger partial charge in [-0.1, -0.05) is 12.8 Å². The minimum atomic E-state index is -0.00700. The highest BCUT2D eigenvalue weighted by atomic mass is 32.1. The molecule has 134 valence electrons. The number of carbonyl (C=O) groups excluding carboxylic acids is 1. The number of anilines is 1. The molecule has 0 spiro atoms. The van der Waals surface area contributed by atoms with E-state index in [0.717, 1.165) is 28.2 Å². The summed E-state index contributed by atoms with van der Waals surface area (Å²) in [5.74, 6) is -0.00700. The van der Waals surface area contributed by atoms with Gasteiger partial charge in [0, 0.05) is 30.1 Å². The second-order valence-electron chi connectivity index (χ2n) is 7.06. The molecule has 1 saturated carbocycles. The zero-order valence-electron chi connectivity index (χ0n) is 14.4. The highest BCUT2D eigenvalue weighted by Crippen LogP contribution is 2.32. The number of nitrogen functional groups attached to an aromatic ring is 1. The van der Waals surface area contributed by atoms with Gasteiger partial charge in [-0.15, -0.1) is 11.3 Å². The third-order valence-electron chi connectivity index (χ3n) is 5.41. The number of rotatable bonds is 2. The lowest BCUT2D eigenvalue weighted by atomic mass is 10.1. The van der Waals surface area contributed by atoms with E-state index < -0.39 is 0 Å². The van der Waals surface area contributed by atoms with Crippen molar-refractivity contribution >= 4 is 33.5 Å². The normalized spacial score (nSPS) is 17.8. The van der Waals surface area contributed by atoms with Crippen LogP contribution in [0.15, 0.2) is 18.6 Å². The number of imidazole rings is 1. The monoisotopic (exact) mass is 368 g/mol. The fourth-order valence-corrected chi connectivity index (χ4v) is 4.95. The average Bonchev–Trinajstić information content (AvgIpc) is 3.37. The predicted molar refractivity (Wildman–Crippen MR) is 100 cm³/mol. The van der Waals surface area contributed by atoms with Crippen molar-refractivity contribution in [3.63, 3.8) is 0 Å². The van der Waals surface area contributed by atoms with Crippen molar-refractivity contribution in [2.75, 3.05) is 12.3 Å². The van der Waals surface area contributed by atoms with Gasteiger partial charge in [0.15, 0.2) is 10.8 Å². The van der Waals surface area contributed by atoms with Crippen LogP contribution < -0.4 is 5.73 Å². The van der Waals surface area contributed by atoms with E-state index in [1.54, 1.807) is 6.20 Å². The molecule has 3 aromatic rings. The Morgan fingerprint density at radius 3 is 2.96 bits per heavy atom. The SMILES string of the molecule is Nc1nc2c(s1)CN(C(=O)c1cnc3c(c1)ncn3C1CCCC1)CC2. The summed E-state index contributed by atoms with van der Waals surface area (Å²) in [6.45, 7) is 1.22. The highest BCUT2D eigenvalue weighted by Gasteiger charge is 2.26. The summed E-state index contributed by atoms with van der Waals surface area (Å²) in [4.78, 5) is 29.3. The van der Waals surface area contributed by atoms with Gasteiger partial charge in [-0.2, -0.15) is 0 Å². The first-order valence-corrected chi connectivity index (χ1v) is 9.86. The third-order valence-corrected chi connectivity index (χ3v) is 6.32. The smallest absolute Gasteiger partial charge is 0.255 e. The zero-order valence-corrected chi connectivity index (χ0v) is 15.2. The van der Waals surface area contributed by atoms with E-state index in [4.69, 9.17) is 5.73 Å². The molecular weight excluding hydrogens is 348 g/mol. The molecule has 0 bridgehead atoms. The number of aromatic nitrogens is 4. The van der Waals surface area contributed by atoms with Crippen LogP contribution >= 0.6 is 11.3 Å². The second-order valence-corrected chi connectivity index (χ2v) is 8.17. The summed E-state index contributed by atoms with van der Waals surface area (Å²) in [7, 11) is 0. The average molecular weight is 368 g/mol. The Morgan fingerprint density at radius 1 is 1.27 bits per heavy atom. The number of nitrogens with two attached hydrogens (primary N) is 1. The molecule has 3 aromatic heterocycles. The van der Waals surface area contributed by atoms with E-state index in [-0.39, 0.29) is 5.91 Å². The number of pyridine rings is 1. The maximum absolute atomic E-state index is 12.9. The lowest BCUT2D eigenvalue weighted by molar-refractivity contribution is 0.0736. The highest BCUT2D eigenvalue weighted by molar-refractivity contribution is 7.15. The summed E-state index contributed by atoms with van der Waals surface area (Å²) in [5.41, 5.74) is 9.08. The standard InChI is InChI=1S/C18H20N6OS/c19-18-22-13-5-6-23(9-15(13)26-18)17(25)11-7-14-16(20-8-11)24(10-21-14)12-3-1-2-4-12/h7-8,10,12H,1-6,9H2,(H2,19,22). The van der Waals surface area contributed by atoms with E-state index in [9.17, 15) is 4.79 Å². The largest absolute Gasteiger partial charge is 0.375 e. The molecule has 0 atom stereocenters. The summed E-state index contributed by atoms with van der Waals surface area (Å²) in [6.07, 6.45) is 9.20. The summed E-state index contributed by atoms with van der Waals surface area (Å²) in [5, 5.41) is 0.574. The number of carbonyl (C=O) groups is 1. The predicted octanol–water partition coefficient (Wildman–Crippen LogP) is 2.78. The molecule has 2 N–H and O–H groups in total. The van der Waals surface area contributed by atoms with Gasteiger partial charge in [0.25, 0.3) is 5.91 Å².